The lowest BCUT2D eigenvalue weighted by Crippen LogP contribution is -2.07. The topological polar surface area (TPSA) is 76.2 Å². The maximum absolute atomic E-state index is 12.1. The van der Waals surface area contributed by atoms with Gasteiger partial charge in [-0.25, -0.2) is 0 Å². The Morgan fingerprint density at radius 2 is 1.96 bits per heavy atom. The highest BCUT2D eigenvalue weighted by Crippen LogP contribution is 2.28. The van der Waals surface area contributed by atoms with Crippen LogP contribution in [0.3, 0.4) is 0 Å². The lowest BCUT2D eigenvalue weighted by atomic mass is 10.2. The molecule has 24 heavy (non-hydrogen) atoms. The third-order valence-corrected chi connectivity index (χ3v) is 3.54. The van der Waals surface area contributed by atoms with Crippen LogP contribution >= 0.6 is 0 Å². The van der Waals surface area contributed by atoms with E-state index in [-0.39, 0.29) is 5.91 Å². The molecule has 0 atom stereocenters. The lowest BCUT2D eigenvalue weighted by molar-refractivity contribution is -0.111. The van der Waals surface area contributed by atoms with Gasteiger partial charge in [-0.05, 0) is 42.0 Å². The van der Waals surface area contributed by atoms with Crippen molar-refractivity contribution in [2.24, 2.45) is 0 Å². The second-order valence-electron chi connectivity index (χ2n) is 5.11. The summed E-state index contributed by atoms with van der Waals surface area (Å²) in [7, 11) is 3.15. The predicted molar refractivity (Wildman–Crippen MR) is 93.3 cm³/mol. The zero-order valence-corrected chi connectivity index (χ0v) is 13.4. The molecule has 0 aliphatic rings. The van der Waals surface area contributed by atoms with Crippen LogP contribution in [0.4, 0.5) is 5.69 Å². The van der Waals surface area contributed by atoms with Crippen molar-refractivity contribution in [1.82, 2.24) is 10.2 Å². The molecule has 2 N–H and O–H groups in total. The summed E-state index contributed by atoms with van der Waals surface area (Å²) in [5, 5.41) is 10.6. The second-order valence-corrected chi connectivity index (χ2v) is 5.11. The number of hydrogen-bond acceptors (Lipinski definition) is 4. The van der Waals surface area contributed by atoms with Crippen molar-refractivity contribution in [3.05, 3.63) is 54.2 Å². The first kappa shape index (κ1) is 15.6. The van der Waals surface area contributed by atoms with E-state index >= 15 is 0 Å². The number of aromatic nitrogens is 2. The van der Waals surface area contributed by atoms with Crippen molar-refractivity contribution < 1.29 is 14.3 Å². The number of nitrogens with zero attached hydrogens (tertiary/aromatic N) is 1. The van der Waals surface area contributed by atoms with Gasteiger partial charge in [0.2, 0.25) is 5.91 Å². The van der Waals surface area contributed by atoms with Crippen molar-refractivity contribution in [2.75, 3.05) is 19.5 Å². The van der Waals surface area contributed by atoms with E-state index in [9.17, 15) is 4.79 Å². The molecule has 0 saturated carbocycles. The van der Waals surface area contributed by atoms with Gasteiger partial charge in [0.15, 0.2) is 11.5 Å². The summed E-state index contributed by atoms with van der Waals surface area (Å²) in [4.78, 5) is 12.1. The van der Waals surface area contributed by atoms with Gasteiger partial charge in [0.1, 0.15) is 0 Å². The zero-order chi connectivity index (χ0) is 16.9. The SMILES string of the molecule is COc1ccc(C=CC(=O)Nc2ccc3[nH]ncc3c2)cc1OC. The van der Waals surface area contributed by atoms with Crippen molar-refractivity contribution >= 4 is 28.6 Å². The van der Waals surface area contributed by atoms with Crippen LogP contribution in [0.2, 0.25) is 0 Å². The fraction of sp³-hybridized carbons (Fsp3) is 0.111. The molecule has 0 spiro atoms. The summed E-state index contributed by atoms with van der Waals surface area (Å²) in [6.45, 7) is 0. The van der Waals surface area contributed by atoms with Gasteiger partial charge in [-0.1, -0.05) is 6.07 Å². The highest BCUT2D eigenvalue weighted by atomic mass is 16.5. The number of carbonyl (C=O) groups is 1. The van der Waals surface area contributed by atoms with E-state index < -0.39 is 0 Å². The summed E-state index contributed by atoms with van der Waals surface area (Å²) < 4.78 is 10.4. The van der Waals surface area contributed by atoms with Crippen LogP contribution in [0.5, 0.6) is 11.5 Å². The normalized spacial score (nSPS) is 10.9. The number of fused-ring (bicyclic) bond motifs is 1. The van der Waals surface area contributed by atoms with E-state index in [1.54, 1.807) is 38.6 Å². The van der Waals surface area contributed by atoms with E-state index in [1.807, 2.05) is 24.3 Å². The monoisotopic (exact) mass is 323 g/mol. The highest BCUT2D eigenvalue weighted by Gasteiger charge is 2.04. The first-order valence-electron chi connectivity index (χ1n) is 7.34. The predicted octanol–water partition coefficient (Wildman–Crippen LogP) is 3.23. The molecule has 1 heterocycles. The number of carbonyl (C=O) groups excluding carboxylic acids is 1. The minimum Gasteiger partial charge on any atom is -0.493 e. The molecule has 3 aromatic rings. The van der Waals surface area contributed by atoms with Crippen molar-refractivity contribution in [1.29, 1.82) is 0 Å². The molecule has 0 aliphatic carbocycles. The second kappa shape index (κ2) is 6.87. The van der Waals surface area contributed by atoms with Gasteiger partial charge in [0.05, 0.1) is 25.9 Å². The quantitative estimate of drug-likeness (QED) is 0.707. The van der Waals surface area contributed by atoms with Crippen LogP contribution in [-0.2, 0) is 4.79 Å². The number of ether oxygens (including phenoxy) is 2. The first-order valence-corrected chi connectivity index (χ1v) is 7.34. The average Bonchev–Trinajstić information content (AvgIpc) is 3.07. The van der Waals surface area contributed by atoms with E-state index in [0.717, 1.165) is 16.5 Å². The standard InChI is InChI=1S/C18H17N3O3/c1-23-16-7-3-12(9-17(16)24-2)4-8-18(22)20-14-5-6-15-13(10-14)11-19-21-15/h3-11H,1-2H3,(H,19,21)(H,20,22). The summed E-state index contributed by atoms with van der Waals surface area (Å²) in [5.41, 5.74) is 2.48. The zero-order valence-electron chi connectivity index (χ0n) is 13.4. The molecule has 3 rings (SSSR count). The van der Waals surface area contributed by atoms with Gasteiger partial charge in [0.25, 0.3) is 0 Å². The van der Waals surface area contributed by atoms with Crippen LogP contribution in [0.25, 0.3) is 17.0 Å². The molecule has 0 unspecified atom stereocenters. The molecule has 0 fully saturated rings. The van der Waals surface area contributed by atoms with Crippen LogP contribution in [0.15, 0.2) is 48.7 Å². The van der Waals surface area contributed by atoms with Crippen molar-refractivity contribution in [3.8, 4) is 11.5 Å². The van der Waals surface area contributed by atoms with E-state index in [0.29, 0.717) is 17.2 Å². The van der Waals surface area contributed by atoms with Crippen molar-refractivity contribution in [2.45, 2.75) is 0 Å². The first-order chi connectivity index (χ1) is 11.7. The summed E-state index contributed by atoms with van der Waals surface area (Å²) in [6.07, 6.45) is 4.90. The minimum absolute atomic E-state index is 0.215. The van der Waals surface area contributed by atoms with Gasteiger partial charge in [-0.3, -0.25) is 9.89 Å². The molecular weight excluding hydrogens is 306 g/mol. The number of rotatable bonds is 5. The third-order valence-electron chi connectivity index (χ3n) is 3.54. The maximum Gasteiger partial charge on any atom is 0.248 e. The molecule has 1 amide bonds. The Balaban J connectivity index is 1.70. The van der Waals surface area contributed by atoms with Crippen LogP contribution in [0.1, 0.15) is 5.56 Å². The molecule has 122 valence electrons. The Labute approximate surface area is 139 Å². The Kier molecular flexibility index (Phi) is 4.47. The van der Waals surface area contributed by atoms with E-state index in [1.165, 1.54) is 6.08 Å². The Morgan fingerprint density at radius 3 is 2.75 bits per heavy atom. The summed E-state index contributed by atoms with van der Waals surface area (Å²) in [5.74, 6) is 1.05. The van der Waals surface area contributed by atoms with Gasteiger partial charge in [-0.2, -0.15) is 5.10 Å². The number of hydrogen-bond donors (Lipinski definition) is 2. The number of amides is 1. The fourth-order valence-corrected chi connectivity index (χ4v) is 2.33. The summed E-state index contributed by atoms with van der Waals surface area (Å²) >= 11 is 0. The van der Waals surface area contributed by atoms with Crippen LogP contribution in [-0.4, -0.2) is 30.3 Å². The number of anilines is 1. The van der Waals surface area contributed by atoms with E-state index in [4.69, 9.17) is 9.47 Å². The molecular formula is C18H17N3O3. The van der Waals surface area contributed by atoms with Crippen LogP contribution in [0, 0.1) is 0 Å². The Morgan fingerprint density at radius 1 is 1.12 bits per heavy atom. The minimum atomic E-state index is -0.215. The number of methoxy groups -OCH3 is 2. The number of aromatic amines is 1. The molecule has 6 nitrogen and oxygen atoms in total. The number of benzene rings is 2. The Bertz CT molecular complexity index is 899. The van der Waals surface area contributed by atoms with Gasteiger partial charge in [-0.15, -0.1) is 0 Å². The average molecular weight is 323 g/mol. The Hall–Kier alpha value is -3.28. The fourth-order valence-electron chi connectivity index (χ4n) is 2.33. The van der Waals surface area contributed by atoms with Crippen molar-refractivity contribution in [3.63, 3.8) is 0 Å². The molecule has 0 aliphatic heterocycles. The molecule has 1 aromatic heterocycles. The number of H-pyrrole nitrogens is 1. The molecule has 0 bridgehead atoms. The largest absolute Gasteiger partial charge is 0.493 e. The third kappa shape index (κ3) is 3.38. The van der Waals surface area contributed by atoms with Gasteiger partial charge < -0.3 is 14.8 Å². The highest BCUT2D eigenvalue weighted by molar-refractivity contribution is 6.02. The lowest BCUT2D eigenvalue weighted by Gasteiger charge is -2.07. The van der Waals surface area contributed by atoms with Gasteiger partial charge >= 0.3 is 0 Å². The van der Waals surface area contributed by atoms with E-state index in [2.05, 4.69) is 15.5 Å². The van der Waals surface area contributed by atoms with Gasteiger partial charge in [0, 0.05) is 17.1 Å². The smallest absolute Gasteiger partial charge is 0.248 e. The van der Waals surface area contributed by atoms with Crippen LogP contribution < -0.4 is 14.8 Å². The maximum atomic E-state index is 12.1. The molecule has 6 heteroatoms. The number of nitrogens with one attached hydrogen (secondary N) is 2. The molecule has 0 saturated heterocycles. The molecule has 0 radical (unpaired) electrons. The summed E-state index contributed by atoms with van der Waals surface area (Å²) in [6, 6.07) is 11.0. The molecule has 2 aromatic carbocycles.